The van der Waals surface area contributed by atoms with Crippen molar-refractivity contribution in [2.75, 3.05) is 24.6 Å². The van der Waals surface area contributed by atoms with Crippen molar-refractivity contribution in [3.63, 3.8) is 0 Å². The number of aliphatic hydroxyl groups excluding tert-OH is 1. The van der Waals surface area contributed by atoms with E-state index in [-0.39, 0.29) is 18.8 Å². The van der Waals surface area contributed by atoms with Crippen LogP contribution in [0.2, 0.25) is 0 Å². The van der Waals surface area contributed by atoms with Crippen molar-refractivity contribution in [3.8, 4) is 0 Å². The van der Waals surface area contributed by atoms with Crippen LogP contribution in [0.3, 0.4) is 0 Å². The van der Waals surface area contributed by atoms with Crippen molar-refractivity contribution in [2.24, 2.45) is 5.73 Å². The average Bonchev–Trinajstić information content (AvgIpc) is 2.80. The molecule has 1 aromatic carbocycles. The molecule has 104 valence electrons. The molecule has 1 aliphatic heterocycles. The second kappa shape index (κ2) is 6.04. The summed E-state index contributed by atoms with van der Waals surface area (Å²) in [7, 11) is 0. The Hall–Kier alpha value is -1.59. The lowest BCUT2D eigenvalue weighted by Gasteiger charge is -2.15. The molecule has 0 aliphatic carbocycles. The number of aliphatic hydroxyl groups is 1. The average molecular weight is 264 g/mol. The lowest BCUT2D eigenvalue weighted by molar-refractivity contribution is 0.145. The van der Waals surface area contributed by atoms with Gasteiger partial charge in [0.2, 0.25) is 0 Å². The first-order valence-electron chi connectivity index (χ1n) is 6.54. The molecule has 1 aliphatic rings. The normalized spacial score (nSPS) is 20.5. The summed E-state index contributed by atoms with van der Waals surface area (Å²) in [6.07, 6.45) is 0.174. The van der Waals surface area contributed by atoms with Crippen molar-refractivity contribution in [1.82, 2.24) is 0 Å². The van der Waals surface area contributed by atoms with Gasteiger partial charge in [0.15, 0.2) is 0 Å². The van der Waals surface area contributed by atoms with Crippen LogP contribution < -0.4 is 10.6 Å². The topological polar surface area (TPSA) is 75.8 Å². The molecule has 5 heteroatoms. The van der Waals surface area contributed by atoms with Crippen LogP contribution in [0.15, 0.2) is 24.3 Å². The summed E-state index contributed by atoms with van der Waals surface area (Å²) in [6.45, 7) is 3.09. The fourth-order valence-electron chi connectivity index (χ4n) is 2.20. The molecule has 2 unspecified atom stereocenters. The molecule has 1 fully saturated rings. The molecule has 3 N–H and O–H groups in total. The van der Waals surface area contributed by atoms with Crippen molar-refractivity contribution < 1.29 is 14.6 Å². The molecule has 0 bridgehead atoms. The van der Waals surface area contributed by atoms with E-state index in [1.54, 1.807) is 4.90 Å². The second-order valence-electron chi connectivity index (χ2n) is 4.86. The van der Waals surface area contributed by atoms with E-state index in [1.165, 1.54) is 0 Å². The Morgan fingerprint density at radius 3 is 2.68 bits per heavy atom. The van der Waals surface area contributed by atoms with Gasteiger partial charge in [-0.3, -0.25) is 4.90 Å². The number of rotatable bonds is 5. The summed E-state index contributed by atoms with van der Waals surface area (Å²) < 4.78 is 5.12. The molecule has 2 rings (SSSR count). The van der Waals surface area contributed by atoms with Gasteiger partial charge >= 0.3 is 6.09 Å². The van der Waals surface area contributed by atoms with Gasteiger partial charge in [-0.15, -0.1) is 0 Å². The van der Waals surface area contributed by atoms with Crippen molar-refractivity contribution >= 4 is 11.8 Å². The number of anilines is 1. The van der Waals surface area contributed by atoms with Gasteiger partial charge in [-0.2, -0.15) is 0 Å². The minimum absolute atomic E-state index is 0.180. The van der Waals surface area contributed by atoms with E-state index in [2.05, 4.69) is 6.92 Å². The molecule has 2 atom stereocenters. The van der Waals surface area contributed by atoms with E-state index >= 15 is 0 Å². The first-order chi connectivity index (χ1) is 9.15. The molecule has 1 aromatic rings. The number of carbonyl (C=O) groups excluding carboxylic acids is 1. The number of amides is 1. The number of nitrogens with zero attached hydrogens (tertiary/aromatic N) is 1. The molecule has 0 radical (unpaired) electrons. The molecular weight excluding hydrogens is 244 g/mol. The third-order valence-electron chi connectivity index (χ3n) is 3.47. The van der Waals surface area contributed by atoms with E-state index in [0.717, 1.165) is 17.7 Å². The van der Waals surface area contributed by atoms with Crippen LogP contribution >= 0.6 is 0 Å². The van der Waals surface area contributed by atoms with Gasteiger partial charge in [0.25, 0.3) is 0 Å². The van der Waals surface area contributed by atoms with Crippen molar-refractivity contribution in [2.45, 2.75) is 25.4 Å². The van der Waals surface area contributed by atoms with Gasteiger partial charge in [-0.25, -0.2) is 4.79 Å². The molecule has 1 heterocycles. The van der Waals surface area contributed by atoms with Crippen LogP contribution in [0.4, 0.5) is 10.5 Å². The van der Waals surface area contributed by atoms with Crippen LogP contribution in [-0.2, 0) is 4.74 Å². The van der Waals surface area contributed by atoms with E-state index in [1.807, 2.05) is 24.3 Å². The third-order valence-corrected chi connectivity index (χ3v) is 3.47. The number of ether oxygens (including phenoxy) is 1. The van der Waals surface area contributed by atoms with E-state index in [4.69, 9.17) is 15.6 Å². The van der Waals surface area contributed by atoms with Crippen LogP contribution in [-0.4, -0.2) is 37.0 Å². The summed E-state index contributed by atoms with van der Waals surface area (Å²) in [4.78, 5) is 13.3. The number of cyclic esters (lactones) is 1. The Morgan fingerprint density at radius 2 is 2.16 bits per heavy atom. The Balaban J connectivity index is 2.08. The Labute approximate surface area is 113 Å². The van der Waals surface area contributed by atoms with Crippen LogP contribution in [0.1, 0.15) is 24.8 Å². The number of benzene rings is 1. The highest BCUT2D eigenvalue weighted by Gasteiger charge is 2.31. The molecule has 5 nitrogen and oxygen atoms in total. The zero-order valence-corrected chi connectivity index (χ0v) is 11.1. The number of nitrogens with two attached hydrogens (primary N) is 1. The van der Waals surface area contributed by atoms with Gasteiger partial charge in [0.1, 0.15) is 6.10 Å². The first kappa shape index (κ1) is 13.8. The van der Waals surface area contributed by atoms with Crippen molar-refractivity contribution in [1.29, 1.82) is 0 Å². The molecule has 19 heavy (non-hydrogen) atoms. The maximum atomic E-state index is 11.7. The smallest absolute Gasteiger partial charge is 0.414 e. The molecule has 1 saturated heterocycles. The summed E-state index contributed by atoms with van der Waals surface area (Å²) in [6, 6.07) is 7.78. The lowest BCUT2D eigenvalue weighted by Crippen LogP contribution is -2.27. The maximum Gasteiger partial charge on any atom is 0.414 e. The van der Waals surface area contributed by atoms with Crippen molar-refractivity contribution in [3.05, 3.63) is 29.8 Å². The summed E-state index contributed by atoms with van der Waals surface area (Å²) >= 11 is 0. The minimum Gasteiger partial charge on any atom is -0.443 e. The van der Waals surface area contributed by atoms with Gasteiger partial charge in [-0.1, -0.05) is 19.1 Å². The minimum atomic E-state index is -0.341. The molecular formula is C14H20N2O3. The first-order valence-corrected chi connectivity index (χ1v) is 6.54. The summed E-state index contributed by atoms with van der Waals surface area (Å²) in [5.41, 5.74) is 7.48. The number of hydrogen-bond donors (Lipinski definition) is 2. The predicted octanol–water partition coefficient (Wildman–Crippen LogP) is 1.46. The highest BCUT2D eigenvalue weighted by atomic mass is 16.6. The maximum absolute atomic E-state index is 11.7. The quantitative estimate of drug-likeness (QED) is 0.844. The second-order valence-corrected chi connectivity index (χ2v) is 4.86. The standard InChI is InChI=1S/C14H20N2O3/c1-10(6-7-17)11-2-4-12(5-3-11)16-9-13(8-15)19-14(16)18/h2-5,10,13,17H,6-9,15H2,1H3. The number of carbonyl (C=O) groups is 1. The van der Waals surface area contributed by atoms with Crippen LogP contribution in [0.5, 0.6) is 0 Å². The van der Waals surface area contributed by atoms with Gasteiger partial charge < -0.3 is 15.6 Å². The van der Waals surface area contributed by atoms with Crippen LogP contribution in [0.25, 0.3) is 0 Å². The molecule has 0 spiro atoms. The highest BCUT2D eigenvalue weighted by Crippen LogP contribution is 2.25. The largest absolute Gasteiger partial charge is 0.443 e. The predicted molar refractivity (Wildman–Crippen MR) is 73.2 cm³/mol. The highest BCUT2D eigenvalue weighted by molar-refractivity contribution is 5.89. The zero-order chi connectivity index (χ0) is 13.8. The Bertz CT molecular complexity index is 433. The summed E-state index contributed by atoms with van der Waals surface area (Å²) in [5.74, 6) is 0.307. The Morgan fingerprint density at radius 1 is 1.47 bits per heavy atom. The zero-order valence-electron chi connectivity index (χ0n) is 11.1. The summed E-state index contributed by atoms with van der Waals surface area (Å²) in [5, 5.41) is 8.93. The third kappa shape index (κ3) is 3.05. The number of hydrogen-bond acceptors (Lipinski definition) is 4. The molecule has 0 saturated carbocycles. The van der Waals surface area contributed by atoms with Gasteiger partial charge in [0.05, 0.1) is 6.54 Å². The van der Waals surface area contributed by atoms with E-state index in [9.17, 15) is 4.79 Å². The van der Waals surface area contributed by atoms with Gasteiger partial charge in [0, 0.05) is 18.8 Å². The molecule has 0 aromatic heterocycles. The SMILES string of the molecule is CC(CCO)c1ccc(N2CC(CN)OC2=O)cc1. The van der Waals surface area contributed by atoms with E-state index in [0.29, 0.717) is 19.0 Å². The molecule has 1 amide bonds. The fourth-order valence-corrected chi connectivity index (χ4v) is 2.20. The lowest BCUT2D eigenvalue weighted by atomic mass is 9.98. The van der Waals surface area contributed by atoms with Gasteiger partial charge in [-0.05, 0) is 30.0 Å². The Kier molecular flexibility index (Phi) is 4.39. The van der Waals surface area contributed by atoms with Crippen LogP contribution in [0, 0.1) is 0 Å². The monoisotopic (exact) mass is 264 g/mol. The fraction of sp³-hybridized carbons (Fsp3) is 0.500. The van der Waals surface area contributed by atoms with E-state index < -0.39 is 0 Å².